The van der Waals surface area contributed by atoms with Crippen LogP contribution in [0.2, 0.25) is 0 Å². The maximum atomic E-state index is 6.31. The lowest BCUT2D eigenvalue weighted by Crippen LogP contribution is -2.30. The van der Waals surface area contributed by atoms with Gasteiger partial charge >= 0.3 is 0 Å². The van der Waals surface area contributed by atoms with Crippen LogP contribution in [0, 0.1) is 0 Å². The van der Waals surface area contributed by atoms with Crippen LogP contribution in [0.5, 0.6) is 0 Å². The largest absolute Gasteiger partial charge is 0.421 e. The van der Waals surface area contributed by atoms with Gasteiger partial charge in [0.15, 0.2) is 0 Å². The van der Waals surface area contributed by atoms with Gasteiger partial charge in [0.1, 0.15) is 11.2 Å². The normalized spacial score (nSPS) is 13.2. The monoisotopic (exact) mass is 639 g/mol. The minimum atomic E-state index is -0.112. The first kappa shape index (κ1) is 28.7. The van der Waals surface area contributed by atoms with Gasteiger partial charge in [-0.05, 0) is 86.9 Å². The third-order valence-electron chi connectivity index (χ3n) is 10.1. The van der Waals surface area contributed by atoms with E-state index in [0.29, 0.717) is 0 Å². The summed E-state index contributed by atoms with van der Waals surface area (Å²) in [6.07, 6.45) is 0. The van der Waals surface area contributed by atoms with E-state index in [1.807, 2.05) is 0 Å². The van der Waals surface area contributed by atoms with Crippen LogP contribution in [-0.4, -0.2) is 0 Å². The summed E-state index contributed by atoms with van der Waals surface area (Å²) in [5, 5.41) is 11.9. The Balaban J connectivity index is 1.36. The third-order valence-corrected chi connectivity index (χ3v) is 10.7. The lowest BCUT2D eigenvalue weighted by Gasteiger charge is -2.39. The van der Waals surface area contributed by atoms with E-state index >= 15 is 0 Å². The molecule has 4 heteroatoms. The Kier molecular flexibility index (Phi) is 6.95. The molecule has 0 aliphatic heterocycles. The molecule has 0 bridgehead atoms. The molecule has 0 spiro atoms. The maximum Gasteiger partial charge on any atom is 0.201 e. The summed E-state index contributed by atoms with van der Waals surface area (Å²) in [4.78, 5) is 2.62. The van der Waals surface area contributed by atoms with Crippen LogP contribution >= 0.6 is 8.67 Å². The van der Waals surface area contributed by atoms with E-state index in [1.165, 1.54) is 49.1 Å². The summed E-state index contributed by atoms with van der Waals surface area (Å²) >= 11 is 0. The fourth-order valence-corrected chi connectivity index (χ4v) is 8.44. The molecule has 1 aromatic heterocycles. The first-order chi connectivity index (χ1) is 23.7. The lowest BCUT2D eigenvalue weighted by molar-refractivity contribution is 0.594. The Morgan fingerprint density at radius 3 is 1.50 bits per heavy atom. The lowest BCUT2D eigenvalue weighted by atomic mass is 9.92. The van der Waals surface area contributed by atoms with Crippen LogP contribution in [-0.2, 0) is 0 Å². The van der Waals surface area contributed by atoms with Crippen molar-refractivity contribution in [3.8, 4) is 0 Å². The summed E-state index contributed by atoms with van der Waals surface area (Å²) in [5.41, 5.74) is 5.51. The van der Waals surface area contributed by atoms with Crippen LogP contribution in [0.4, 0.5) is 5.69 Å². The topological polar surface area (TPSA) is 29.5 Å². The van der Waals surface area contributed by atoms with Crippen molar-refractivity contribution in [1.82, 2.24) is 0 Å². The summed E-state index contributed by atoms with van der Waals surface area (Å²) in [5.74, 6) is 0. The van der Waals surface area contributed by atoms with Crippen molar-refractivity contribution in [3.05, 3.63) is 163 Å². The van der Waals surface area contributed by atoms with Crippen molar-refractivity contribution in [3.63, 3.8) is 0 Å². The standard InChI is InChI=1S/C44H34NO2P/c1-28(33-20-9-15-30-12-3-6-17-35(30)33)45(29(2)34-21-10-16-31-13-4-7-18-36(31)34)40-23-11-22-39-38(40)25-27-42-44(39)43-37-19-8-5-14-32(37)24-26-41(43)46-48-47-42/h3-29,48H,1-2H3/t28-,29-/m0/s1. The second-order valence-electron chi connectivity index (χ2n) is 12.7. The first-order valence-electron chi connectivity index (χ1n) is 16.6. The molecule has 48 heavy (non-hydrogen) atoms. The second kappa shape index (κ2) is 11.6. The molecule has 0 saturated heterocycles. The Hall–Kier alpha value is -5.50. The highest BCUT2D eigenvalue weighted by Gasteiger charge is 2.27. The van der Waals surface area contributed by atoms with Gasteiger partial charge in [-0.2, -0.15) is 0 Å². The predicted octanol–water partition coefficient (Wildman–Crippen LogP) is 13.3. The van der Waals surface area contributed by atoms with Crippen molar-refractivity contribution < 1.29 is 8.39 Å². The molecule has 0 saturated carbocycles. The minimum Gasteiger partial charge on any atom is -0.421 e. The fourth-order valence-electron chi connectivity index (χ4n) is 7.88. The summed E-state index contributed by atoms with van der Waals surface area (Å²) in [6.45, 7) is 4.71. The van der Waals surface area contributed by atoms with Gasteiger partial charge in [-0.3, -0.25) is 0 Å². The quantitative estimate of drug-likeness (QED) is 0.188. The highest BCUT2D eigenvalue weighted by molar-refractivity contribution is 7.15. The van der Waals surface area contributed by atoms with Crippen LogP contribution in [0.25, 0.3) is 65.0 Å². The SMILES string of the molecule is C[C@@H](c1cccc2ccccc12)N(c1cccc2c1ccc1o[pH]oc3ccc4ccccc4c3c12)[C@@H](C)c1cccc2ccccc12. The second-order valence-corrected chi connectivity index (χ2v) is 13.2. The molecule has 232 valence electrons. The van der Waals surface area contributed by atoms with E-state index in [2.05, 4.69) is 170 Å². The molecular weight excluding hydrogens is 605 g/mol. The van der Waals surface area contributed by atoms with Gasteiger partial charge < -0.3 is 13.3 Å². The fraction of sp³-hybridized carbons (Fsp3) is 0.0909. The molecule has 1 unspecified atom stereocenters. The Morgan fingerprint density at radius 1 is 0.417 bits per heavy atom. The molecule has 9 rings (SSSR count). The molecule has 3 atom stereocenters. The van der Waals surface area contributed by atoms with E-state index in [-0.39, 0.29) is 20.8 Å². The van der Waals surface area contributed by atoms with Crippen molar-refractivity contribution in [2.24, 2.45) is 0 Å². The zero-order valence-corrected chi connectivity index (χ0v) is 27.9. The zero-order chi connectivity index (χ0) is 32.2. The Bertz CT molecular complexity index is 2600. The molecule has 0 radical (unpaired) electrons. The van der Waals surface area contributed by atoms with Gasteiger partial charge in [0.05, 0.1) is 12.1 Å². The van der Waals surface area contributed by atoms with Gasteiger partial charge in [0.25, 0.3) is 0 Å². The molecule has 3 nitrogen and oxygen atoms in total. The third kappa shape index (κ3) is 4.58. The average Bonchev–Trinajstić information content (AvgIpc) is 3.34. The summed E-state index contributed by atoms with van der Waals surface area (Å²) in [6, 6.07) is 54.9. The minimum absolute atomic E-state index is 0.0589. The highest BCUT2D eigenvalue weighted by Crippen LogP contribution is 2.45. The number of rotatable bonds is 5. The van der Waals surface area contributed by atoms with E-state index in [0.717, 1.165) is 32.7 Å². The molecule has 0 aliphatic rings. The van der Waals surface area contributed by atoms with Gasteiger partial charge in [-0.1, -0.05) is 127 Å². The number of hydrogen-bond acceptors (Lipinski definition) is 3. The first-order valence-corrected chi connectivity index (χ1v) is 17.4. The summed E-state index contributed by atoms with van der Waals surface area (Å²) < 4.78 is 12.5. The zero-order valence-electron chi connectivity index (χ0n) is 26.9. The molecule has 0 amide bonds. The molecule has 9 aromatic rings. The predicted molar refractivity (Wildman–Crippen MR) is 205 cm³/mol. The van der Waals surface area contributed by atoms with E-state index in [9.17, 15) is 0 Å². The highest BCUT2D eigenvalue weighted by atomic mass is 31.1. The Morgan fingerprint density at radius 2 is 0.875 bits per heavy atom. The van der Waals surface area contributed by atoms with Crippen molar-refractivity contribution in [2.45, 2.75) is 25.9 Å². The molecular formula is C44H34NO2P. The number of fused-ring (bicyclic) bond motifs is 9. The number of nitrogens with zero attached hydrogens (tertiary/aromatic N) is 1. The van der Waals surface area contributed by atoms with Crippen LogP contribution < -0.4 is 4.90 Å². The van der Waals surface area contributed by atoms with E-state index < -0.39 is 0 Å². The van der Waals surface area contributed by atoms with Crippen LogP contribution in [0.1, 0.15) is 37.1 Å². The molecule has 0 aliphatic carbocycles. The van der Waals surface area contributed by atoms with Crippen LogP contribution in [0.3, 0.4) is 0 Å². The van der Waals surface area contributed by atoms with E-state index in [4.69, 9.17) is 8.39 Å². The maximum absolute atomic E-state index is 6.31. The molecule has 0 N–H and O–H groups in total. The Labute approximate surface area is 280 Å². The molecule has 1 heterocycles. The molecule has 8 aromatic carbocycles. The molecule has 0 fully saturated rings. The number of anilines is 1. The number of benzene rings is 8. The average molecular weight is 640 g/mol. The van der Waals surface area contributed by atoms with Crippen LogP contribution in [0.15, 0.2) is 160 Å². The van der Waals surface area contributed by atoms with Gasteiger partial charge in [0, 0.05) is 21.8 Å². The van der Waals surface area contributed by atoms with Gasteiger partial charge in [-0.15, -0.1) is 0 Å². The smallest absolute Gasteiger partial charge is 0.201 e. The van der Waals surface area contributed by atoms with Crippen molar-refractivity contribution in [1.29, 1.82) is 0 Å². The van der Waals surface area contributed by atoms with Crippen molar-refractivity contribution in [2.75, 3.05) is 4.90 Å². The van der Waals surface area contributed by atoms with Crippen molar-refractivity contribution >= 4 is 79.4 Å². The van der Waals surface area contributed by atoms with Gasteiger partial charge in [0.2, 0.25) is 8.67 Å². The summed E-state index contributed by atoms with van der Waals surface area (Å²) in [7, 11) is -0.112. The van der Waals surface area contributed by atoms with E-state index in [1.54, 1.807) is 0 Å². The van der Waals surface area contributed by atoms with Gasteiger partial charge in [-0.25, -0.2) is 0 Å². The number of hydrogen-bond donors (Lipinski definition) is 0.